The quantitative estimate of drug-likeness (QED) is 0.482. The standard InChI is InChI=1S/C11H23NO2/c1-4-6-10(3)9-14-11(13)7-8-12-5-2/h10,12H,4-9H2,1-3H3. The van der Waals surface area contributed by atoms with Crippen molar-refractivity contribution in [3.05, 3.63) is 0 Å². The largest absolute Gasteiger partial charge is 0.465 e. The topological polar surface area (TPSA) is 38.3 Å². The number of rotatable bonds is 8. The number of ether oxygens (including phenoxy) is 1. The molecule has 0 heterocycles. The number of hydrogen-bond donors (Lipinski definition) is 1. The van der Waals surface area contributed by atoms with Gasteiger partial charge in [0.05, 0.1) is 13.0 Å². The molecular weight excluding hydrogens is 178 g/mol. The number of hydrogen-bond acceptors (Lipinski definition) is 3. The van der Waals surface area contributed by atoms with Crippen LogP contribution in [0, 0.1) is 5.92 Å². The summed E-state index contributed by atoms with van der Waals surface area (Å²) in [5.41, 5.74) is 0. The van der Waals surface area contributed by atoms with Crippen molar-refractivity contribution in [2.75, 3.05) is 19.7 Å². The van der Waals surface area contributed by atoms with Gasteiger partial charge in [0, 0.05) is 6.54 Å². The monoisotopic (exact) mass is 201 g/mol. The lowest BCUT2D eigenvalue weighted by Crippen LogP contribution is -2.20. The van der Waals surface area contributed by atoms with Crippen LogP contribution in [-0.2, 0) is 9.53 Å². The summed E-state index contributed by atoms with van der Waals surface area (Å²) < 4.78 is 5.12. The second-order valence-electron chi connectivity index (χ2n) is 3.68. The fourth-order valence-electron chi connectivity index (χ4n) is 1.25. The first kappa shape index (κ1) is 13.4. The van der Waals surface area contributed by atoms with Gasteiger partial charge in [0.25, 0.3) is 0 Å². The molecule has 0 fully saturated rings. The van der Waals surface area contributed by atoms with E-state index in [9.17, 15) is 4.79 Å². The van der Waals surface area contributed by atoms with Crippen LogP contribution in [0.3, 0.4) is 0 Å². The van der Waals surface area contributed by atoms with Gasteiger partial charge in [-0.25, -0.2) is 0 Å². The Morgan fingerprint density at radius 3 is 2.71 bits per heavy atom. The van der Waals surface area contributed by atoms with E-state index in [1.54, 1.807) is 0 Å². The van der Waals surface area contributed by atoms with E-state index in [1.165, 1.54) is 0 Å². The van der Waals surface area contributed by atoms with Crippen LogP contribution < -0.4 is 5.32 Å². The summed E-state index contributed by atoms with van der Waals surface area (Å²) >= 11 is 0. The van der Waals surface area contributed by atoms with Crippen molar-refractivity contribution in [3.63, 3.8) is 0 Å². The lowest BCUT2D eigenvalue weighted by Gasteiger charge is -2.10. The number of carbonyl (C=O) groups excluding carboxylic acids is 1. The van der Waals surface area contributed by atoms with Gasteiger partial charge in [-0.2, -0.15) is 0 Å². The average molecular weight is 201 g/mol. The number of nitrogens with one attached hydrogen (secondary N) is 1. The molecule has 0 spiro atoms. The molecule has 0 rings (SSSR count). The third kappa shape index (κ3) is 8.05. The molecule has 1 atom stereocenters. The van der Waals surface area contributed by atoms with Gasteiger partial charge in [-0.05, 0) is 18.9 Å². The minimum atomic E-state index is -0.0890. The van der Waals surface area contributed by atoms with E-state index in [2.05, 4.69) is 19.2 Å². The van der Waals surface area contributed by atoms with Crippen LogP contribution in [-0.4, -0.2) is 25.7 Å². The second-order valence-corrected chi connectivity index (χ2v) is 3.68. The molecule has 0 aliphatic carbocycles. The maximum Gasteiger partial charge on any atom is 0.307 e. The van der Waals surface area contributed by atoms with Crippen molar-refractivity contribution in [2.24, 2.45) is 5.92 Å². The van der Waals surface area contributed by atoms with E-state index >= 15 is 0 Å². The smallest absolute Gasteiger partial charge is 0.307 e. The zero-order valence-electron chi connectivity index (χ0n) is 9.64. The molecule has 0 radical (unpaired) electrons. The highest BCUT2D eigenvalue weighted by atomic mass is 16.5. The third-order valence-corrected chi connectivity index (χ3v) is 2.07. The van der Waals surface area contributed by atoms with Gasteiger partial charge in [0.1, 0.15) is 0 Å². The molecule has 3 heteroatoms. The number of carbonyl (C=O) groups is 1. The first-order chi connectivity index (χ1) is 6.70. The highest BCUT2D eigenvalue weighted by Crippen LogP contribution is 2.05. The van der Waals surface area contributed by atoms with Gasteiger partial charge in [-0.15, -0.1) is 0 Å². The molecule has 84 valence electrons. The van der Waals surface area contributed by atoms with Gasteiger partial charge < -0.3 is 10.1 Å². The van der Waals surface area contributed by atoms with Crippen LogP contribution in [0.25, 0.3) is 0 Å². The Labute approximate surface area is 87.2 Å². The van der Waals surface area contributed by atoms with Gasteiger partial charge in [0.2, 0.25) is 0 Å². The Kier molecular flexibility index (Phi) is 8.64. The molecular formula is C11H23NO2. The fraction of sp³-hybridized carbons (Fsp3) is 0.909. The maximum absolute atomic E-state index is 11.2. The highest BCUT2D eigenvalue weighted by molar-refractivity contribution is 5.69. The zero-order chi connectivity index (χ0) is 10.8. The molecule has 0 aromatic carbocycles. The molecule has 1 N–H and O–H groups in total. The SMILES string of the molecule is CCCC(C)COC(=O)CCNCC. The van der Waals surface area contributed by atoms with Crippen LogP contribution in [0.15, 0.2) is 0 Å². The maximum atomic E-state index is 11.2. The molecule has 0 aliphatic rings. The molecule has 3 nitrogen and oxygen atoms in total. The Hall–Kier alpha value is -0.570. The van der Waals surface area contributed by atoms with E-state index in [1.807, 2.05) is 6.92 Å². The summed E-state index contributed by atoms with van der Waals surface area (Å²) in [4.78, 5) is 11.2. The molecule has 0 aliphatic heterocycles. The average Bonchev–Trinajstić information content (AvgIpc) is 2.16. The third-order valence-electron chi connectivity index (χ3n) is 2.07. The van der Waals surface area contributed by atoms with Crippen LogP contribution in [0.5, 0.6) is 0 Å². The van der Waals surface area contributed by atoms with E-state index in [-0.39, 0.29) is 5.97 Å². The van der Waals surface area contributed by atoms with Crippen molar-refractivity contribution in [1.29, 1.82) is 0 Å². The summed E-state index contributed by atoms with van der Waals surface area (Å²) in [7, 11) is 0. The highest BCUT2D eigenvalue weighted by Gasteiger charge is 2.05. The zero-order valence-corrected chi connectivity index (χ0v) is 9.64. The lowest BCUT2D eigenvalue weighted by molar-refractivity contribution is -0.144. The Morgan fingerprint density at radius 2 is 2.14 bits per heavy atom. The fourth-order valence-corrected chi connectivity index (χ4v) is 1.25. The summed E-state index contributed by atoms with van der Waals surface area (Å²) in [6.45, 7) is 8.47. The van der Waals surface area contributed by atoms with Crippen molar-refractivity contribution < 1.29 is 9.53 Å². The van der Waals surface area contributed by atoms with Crippen LogP contribution in [0.1, 0.15) is 40.0 Å². The number of esters is 1. The lowest BCUT2D eigenvalue weighted by atomic mass is 10.1. The predicted molar refractivity (Wildman–Crippen MR) is 58.2 cm³/mol. The van der Waals surface area contributed by atoms with Crippen LogP contribution >= 0.6 is 0 Å². The van der Waals surface area contributed by atoms with Crippen molar-refractivity contribution >= 4 is 5.97 Å². The first-order valence-electron chi connectivity index (χ1n) is 5.57. The molecule has 0 aromatic rings. The van der Waals surface area contributed by atoms with Gasteiger partial charge in [-0.1, -0.05) is 27.2 Å². The molecule has 0 saturated carbocycles. The van der Waals surface area contributed by atoms with Gasteiger partial charge in [-0.3, -0.25) is 4.79 Å². The minimum Gasteiger partial charge on any atom is -0.465 e. The molecule has 1 unspecified atom stereocenters. The molecule has 14 heavy (non-hydrogen) atoms. The Morgan fingerprint density at radius 1 is 1.43 bits per heavy atom. The summed E-state index contributed by atoms with van der Waals surface area (Å²) in [6, 6.07) is 0. The van der Waals surface area contributed by atoms with E-state index in [0.29, 0.717) is 18.9 Å². The summed E-state index contributed by atoms with van der Waals surface area (Å²) in [6.07, 6.45) is 2.75. The molecule has 0 saturated heterocycles. The van der Waals surface area contributed by atoms with Gasteiger partial charge >= 0.3 is 5.97 Å². The van der Waals surface area contributed by atoms with Gasteiger partial charge in [0.15, 0.2) is 0 Å². The normalized spacial score (nSPS) is 12.5. The summed E-state index contributed by atoms with van der Waals surface area (Å²) in [5.74, 6) is 0.400. The van der Waals surface area contributed by atoms with Crippen LogP contribution in [0.4, 0.5) is 0 Å². The van der Waals surface area contributed by atoms with Crippen molar-refractivity contribution in [1.82, 2.24) is 5.32 Å². The summed E-state index contributed by atoms with van der Waals surface area (Å²) in [5, 5.41) is 3.09. The van der Waals surface area contributed by atoms with E-state index in [0.717, 1.165) is 25.9 Å². The predicted octanol–water partition coefficient (Wildman–Crippen LogP) is 1.97. The van der Waals surface area contributed by atoms with Crippen LogP contribution in [0.2, 0.25) is 0 Å². The Balaban J connectivity index is 3.34. The molecule has 0 bridgehead atoms. The first-order valence-corrected chi connectivity index (χ1v) is 5.57. The molecule has 0 aromatic heterocycles. The Bertz CT molecular complexity index is 148. The minimum absolute atomic E-state index is 0.0890. The van der Waals surface area contributed by atoms with E-state index < -0.39 is 0 Å². The van der Waals surface area contributed by atoms with E-state index in [4.69, 9.17) is 4.74 Å². The molecule has 0 amide bonds. The van der Waals surface area contributed by atoms with Crippen molar-refractivity contribution in [3.8, 4) is 0 Å². The van der Waals surface area contributed by atoms with Crippen molar-refractivity contribution in [2.45, 2.75) is 40.0 Å². The second kappa shape index (κ2) is 9.00.